The van der Waals surface area contributed by atoms with Gasteiger partial charge in [-0.25, -0.2) is 4.98 Å². The Hall–Kier alpha value is -2.80. The van der Waals surface area contributed by atoms with Gasteiger partial charge in [0.05, 0.1) is 28.9 Å². The van der Waals surface area contributed by atoms with Gasteiger partial charge in [0.25, 0.3) is 5.91 Å². The van der Waals surface area contributed by atoms with Gasteiger partial charge in [0.15, 0.2) is 0 Å². The second-order valence-electron chi connectivity index (χ2n) is 6.44. The summed E-state index contributed by atoms with van der Waals surface area (Å²) in [5.74, 6) is 0.145. The molecule has 0 spiro atoms. The molecule has 0 saturated carbocycles. The van der Waals surface area contributed by atoms with Crippen molar-refractivity contribution < 1.29 is 14.3 Å². The zero-order chi connectivity index (χ0) is 19.4. The third kappa shape index (κ3) is 4.89. The summed E-state index contributed by atoms with van der Waals surface area (Å²) in [7, 11) is 0. The highest BCUT2D eigenvalue weighted by molar-refractivity contribution is 6.33. The van der Waals surface area contributed by atoms with Crippen molar-refractivity contribution in [2.45, 2.75) is 20.0 Å². The molecule has 27 heavy (non-hydrogen) atoms. The number of benzene rings is 1. The molecule has 1 aromatic carbocycles. The summed E-state index contributed by atoms with van der Waals surface area (Å²) in [6.45, 7) is 5.35. The van der Waals surface area contributed by atoms with Gasteiger partial charge in [-0.05, 0) is 38.1 Å². The first-order chi connectivity index (χ1) is 12.9. The zero-order valence-electron chi connectivity index (χ0n) is 15.2. The Kier molecular flexibility index (Phi) is 5.81. The second kappa shape index (κ2) is 8.26. The third-order valence-corrected chi connectivity index (χ3v) is 4.24. The first-order valence-electron chi connectivity index (χ1n) is 8.67. The molecule has 0 atom stereocenters. The van der Waals surface area contributed by atoms with E-state index in [1.807, 2.05) is 18.7 Å². The number of carbonyl (C=O) groups is 2. The predicted molar refractivity (Wildman–Crippen MR) is 105 cm³/mol. The second-order valence-corrected chi connectivity index (χ2v) is 6.85. The summed E-state index contributed by atoms with van der Waals surface area (Å²) in [4.78, 5) is 30.0. The largest absolute Gasteiger partial charge is 0.475 e. The van der Waals surface area contributed by atoms with Gasteiger partial charge in [0.1, 0.15) is 0 Å². The van der Waals surface area contributed by atoms with Crippen LogP contribution in [0.15, 0.2) is 36.5 Å². The molecule has 7 nitrogen and oxygen atoms in total. The Morgan fingerprint density at radius 1 is 1.33 bits per heavy atom. The Labute approximate surface area is 162 Å². The van der Waals surface area contributed by atoms with Crippen molar-refractivity contribution in [1.29, 1.82) is 0 Å². The molecule has 0 unspecified atom stereocenters. The maximum absolute atomic E-state index is 12.4. The monoisotopic (exact) mass is 388 g/mol. The van der Waals surface area contributed by atoms with Crippen molar-refractivity contribution in [3.05, 3.63) is 47.1 Å². The summed E-state index contributed by atoms with van der Waals surface area (Å²) in [6.07, 6.45) is 1.49. The molecule has 142 valence electrons. The molecular weight excluding hydrogens is 368 g/mol. The number of anilines is 2. The van der Waals surface area contributed by atoms with E-state index in [0.717, 1.165) is 5.69 Å². The fourth-order valence-electron chi connectivity index (χ4n) is 2.71. The van der Waals surface area contributed by atoms with Gasteiger partial charge < -0.3 is 20.3 Å². The maximum Gasteiger partial charge on any atom is 0.257 e. The SMILES string of the molecule is CC(C)Oc1ccc(C(=O)Nc2ccc(N3CCNC(=O)C3)c(Cl)c2)cn1. The molecule has 1 fully saturated rings. The molecule has 0 radical (unpaired) electrons. The maximum atomic E-state index is 12.4. The van der Waals surface area contributed by atoms with E-state index in [9.17, 15) is 9.59 Å². The number of rotatable bonds is 5. The number of hydrogen-bond donors (Lipinski definition) is 2. The fourth-order valence-corrected chi connectivity index (χ4v) is 3.01. The average molecular weight is 389 g/mol. The standard InChI is InChI=1S/C19H21ClN4O3/c1-12(2)27-18-6-3-13(10-22-18)19(26)23-14-4-5-16(15(20)9-14)24-8-7-21-17(25)11-24/h3-6,9-10,12H,7-8,11H2,1-2H3,(H,21,25)(H,23,26). The van der Waals surface area contributed by atoms with E-state index in [4.69, 9.17) is 16.3 Å². The van der Waals surface area contributed by atoms with E-state index in [2.05, 4.69) is 15.6 Å². The van der Waals surface area contributed by atoms with E-state index in [1.165, 1.54) is 6.20 Å². The van der Waals surface area contributed by atoms with E-state index in [0.29, 0.717) is 35.2 Å². The van der Waals surface area contributed by atoms with Crippen molar-refractivity contribution in [3.8, 4) is 5.88 Å². The summed E-state index contributed by atoms with van der Waals surface area (Å²) in [6, 6.07) is 8.55. The predicted octanol–water partition coefficient (Wildman–Crippen LogP) is 2.71. The number of amides is 2. The van der Waals surface area contributed by atoms with Crippen molar-refractivity contribution in [2.24, 2.45) is 0 Å². The topological polar surface area (TPSA) is 83.6 Å². The first kappa shape index (κ1) is 19.0. The lowest BCUT2D eigenvalue weighted by molar-refractivity contribution is -0.120. The van der Waals surface area contributed by atoms with Gasteiger partial charge in [-0.15, -0.1) is 0 Å². The van der Waals surface area contributed by atoms with E-state index >= 15 is 0 Å². The van der Waals surface area contributed by atoms with Crippen LogP contribution in [0.2, 0.25) is 5.02 Å². The number of halogens is 1. The number of piperazine rings is 1. The summed E-state index contributed by atoms with van der Waals surface area (Å²) >= 11 is 6.36. The van der Waals surface area contributed by atoms with Gasteiger partial charge in [-0.3, -0.25) is 9.59 Å². The number of ether oxygens (including phenoxy) is 1. The molecule has 2 heterocycles. The van der Waals surface area contributed by atoms with Gasteiger partial charge in [0, 0.05) is 31.0 Å². The molecule has 1 aliphatic heterocycles. The summed E-state index contributed by atoms with van der Waals surface area (Å²) in [5.41, 5.74) is 1.75. The third-order valence-electron chi connectivity index (χ3n) is 3.94. The number of aromatic nitrogens is 1. The van der Waals surface area contributed by atoms with Crippen molar-refractivity contribution in [3.63, 3.8) is 0 Å². The lowest BCUT2D eigenvalue weighted by Crippen LogP contribution is -2.47. The molecule has 1 saturated heterocycles. The number of nitrogens with one attached hydrogen (secondary N) is 2. The lowest BCUT2D eigenvalue weighted by atomic mass is 10.2. The quantitative estimate of drug-likeness (QED) is 0.822. The number of carbonyl (C=O) groups excluding carboxylic acids is 2. The highest BCUT2D eigenvalue weighted by Gasteiger charge is 2.19. The van der Waals surface area contributed by atoms with Gasteiger partial charge in [-0.1, -0.05) is 11.6 Å². The van der Waals surface area contributed by atoms with Crippen LogP contribution in [0.5, 0.6) is 5.88 Å². The molecule has 1 aromatic heterocycles. The van der Waals surface area contributed by atoms with Crippen LogP contribution in [0, 0.1) is 0 Å². The normalized spacial score (nSPS) is 14.1. The van der Waals surface area contributed by atoms with E-state index < -0.39 is 0 Å². The van der Waals surface area contributed by atoms with Crippen LogP contribution < -0.4 is 20.3 Å². The Balaban J connectivity index is 1.67. The molecule has 2 aromatic rings. The highest BCUT2D eigenvalue weighted by Crippen LogP contribution is 2.29. The average Bonchev–Trinajstić information content (AvgIpc) is 2.62. The minimum Gasteiger partial charge on any atom is -0.475 e. The van der Waals surface area contributed by atoms with Crippen LogP contribution in [0.4, 0.5) is 11.4 Å². The van der Waals surface area contributed by atoms with Crippen LogP contribution in [0.25, 0.3) is 0 Å². The minimum atomic E-state index is -0.292. The van der Waals surface area contributed by atoms with Gasteiger partial charge in [-0.2, -0.15) is 0 Å². The van der Waals surface area contributed by atoms with Gasteiger partial charge in [0.2, 0.25) is 11.8 Å². The first-order valence-corrected chi connectivity index (χ1v) is 9.05. The highest BCUT2D eigenvalue weighted by atomic mass is 35.5. The molecule has 8 heteroatoms. The molecule has 2 amide bonds. The van der Waals surface area contributed by atoms with Crippen LogP contribution in [-0.2, 0) is 4.79 Å². The lowest BCUT2D eigenvalue weighted by Gasteiger charge is -2.29. The van der Waals surface area contributed by atoms with E-state index in [1.54, 1.807) is 30.3 Å². The smallest absolute Gasteiger partial charge is 0.257 e. The van der Waals surface area contributed by atoms with Crippen molar-refractivity contribution in [1.82, 2.24) is 10.3 Å². The molecule has 0 aliphatic carbocycles. The molecule has 1 aliphatic rings. The Morgan fingerprint density at radius 2 is 2.15 bits per heavy atom. The Bertz CT molecular complexity index is 839. The molecule has 2 N–H and O–H groups in total. The van der Waals surface area contributed by atoms with Crippen LogP contribution >= 0.6 is 11.6 Å². The molecule has 0 bridgehead atoms. The molecular formula is C19H21ClN4O3. The van der Waals surface area contributed by atoms with E-state index in [-0.39, 0.29) is 24.5 Å². The number of hydrogen-bond acceptors (Lipinski definition) is 5. The fraction of sp³-hybridized carbons (Fsp3) is 0.316. The summed E-state index contributed by atoms with van der Waals surface area (Å²) in [5, 5.41) is 6.05. The van der Waals surface area contributed by atoms with Crippen LogP contribution in [0.1, 0.15) is 24.2 Å². The van der Waals surface area contributed by atoms with Crippen LogP contribution in [-0.4, -0.2) is 42.5 Å². The molecule has 3 rings (SSSR count). The zero-order valence-corrected chi connectivity index (χ0v) is 15.9. The van der Waals surface area contributed by atoms with Gasteiger partial charge >= 0.3 is 0 Å². The number of nitrogens with zero attached hydrogens (tertiary/aromatic N) is 2. The van der Waals surface area contributed by atoms with Crippen molar-refractivity contribution >= 4 is 34.8 Å². The minimum absolute atomic E-state index is 0.0174. The van der Waals surface area contributed by atoms with Crippen molar-refractivity contribution in [2.75, 3.05) is 29.9 Å². The Morgan fingerprint density at radius 3 is 2.78 bits per heavy atom. The van der Waals surface area contributed by atoms with Crippen LogP contribution in [0.3, 0.4) is 0 Å². The number of pyridine rings is 1. The summed E-state index contributed by atoms with van der Waals surface area (Å²) < 4.78 is 5.47.